The van der Waals surface area contributed by atoms with Crippen LogP contribution in [0.25, 0.3) is 0 Å². The summed E-state index contributed by atoms with van der Waals surface area (Å²) in [5.41, 5.74) is 8.98. The highest BCUT2D eigenvalue weighted by Crippen LogP contribution is 2.38. The average molecular weight is 301 g/mol. The molecule has 112 valence electrons. The molecule has 0 saturated heterocycles. The van der Waals surface area contributed by atoms with Crippen molar-refractivity contribution in [3.63, 3.8) is 0 Å². The zero-order valence-corrected chi connectivity index (χ0v) is 13.5. The third-order valence-electron chi connectivity index (χ3n) is 4.14. The fourth-order valence-electron chi connectivity index (χ4n) is 3.08. The van der Waals surface area contributed by atoms with Crippen molar-refractivity contribution in [3.8, 4) is 0 Å². The van der Waals surface area contributed by atoms with Gasteiger partial charge in [-0.2, -0.15) is 0 Å². The van der Waals surface area contributed by atoms with Gasteiger partial charge in [0, 0.05) is 15.8 Å². The maximum Gasteiger partial charge on any atom is 0.107 e. The van der Waals surface area contributed by atoms with Crippen molar-refractivity contribution >= 4 is 11.3 Å². The van der Waals surface area contributed by atoms with Gasteiger partial charge in [0.25, 0.3) is 0 Å². The Morgan fingerprint density at radius 1 is 1.24 bits per heavy atom. The van der Waals surface area contributed by atoms with Crippen LogP contribution >= 0.6 is 11.3 Å². The lowest BCUT2D eigenvalue weighted by Crippen LogP contribution is -2.28. The lowest BCUT2D eigenvalue weighted by atomic mass is 9.89. The Morgan fingerprint density at radius 2 is 2.05 bits per heavy atom. The molecule has 2 nitrogen and oxygen atoms in total. The van der Waals surface area contributed by atoms with E-state index in [1.165, 1.54) is 27.3 Å². The standard InChI is InChI=1S/C18H23NOS/c1-12-10-11-17(21-12)18(13(2)19)20-16-9-5-7-14-6-3-4-8-15(14)16/h3-4,6,8,10-11,13,16,18H,5,7,9,19H2,1-2H3. The largest absolute Gasteiger partial charge is 0.363 e. The van der Waals surface area contributed by atoms with Gasteiger partial charge in [0.15, 0.2) is 0 Å². The number of fused-ring (bicyclic) bond motifs is 1. The Bertz CT molecular complexity index is 605. The van der Waals surface area contributed by atoms with Gasteiger partial charge in [-0.3, -0.25) is 0 Å². The van der Waals surface area contributed by atoms with Crippen molar-refractivity contribution in [1.82, 2.24) is 0 Å². The van der Waals surface area contributed by atoms with Gasteiger partial charge < -0.3 is 10.5 Å². The molecular formula is C18H23NOS. The molecule has 0 fully saturated rings. The number of hydrogen-bond acceptors (Lipinski definition) is 3. The van der Waals surface area contributed by atoms with Crippen molar-refractivity contribution in [1.29, 1.82) is 0 Å². The second-order valence-corrected chi connectivity index (χ2v) is 7.26. The fraction of sp³-hybridized carbons (Fsp3) is 0.444. The highest BCUT2D eigenvalue weighted by molar-refractivity contribution is 7.12. The van der Waals surface area contributed by atoms with Crippen molar-refractivity contribution in [2.45, 2.75) is 51.4 Å². The number of rotatable bonds is 4. The third-order valence-corrected chi connectivity index (χ3v) is 5.21. The first-order valence-corrected chi connectivity index (χ1v) is 8.52. The summed E-state index contributed by atoms with van der Waals surface area (Å²) >= 11 is 1.79. The molecule has 1 aromatic carbocycles. The van der Waals surface area contributed by atoms with Crippen molar-refractivity contribution in [3.05, 3.63) is 57.3 Å². The summed E-state index contributed by atoms with van der Waals surface area (Å²) in [4.78, 5) is 2.55. The number of aryl methyl sites for hydroxylation is 2. The molecular weight excluding hydrogens is 278 g/mol. The van der Waals surface area contributed by atoms with E-state index in [0.29, 0.717) is 0 Å². The van der Waals surface area contributed by atoms with Gasteiger partial charge in [0.2, 0.25) is 0 Å². The van der Waals surface area contributed by atoms with Gasteiger partial charge in [0.1, 0.15) is 6.10 Å². The lowest BCUT2D eigenvalue weighted by Gasteiger charge is -2.31. The fourth-order valence-corrected chi connectivity index (χ4v) is 4.11. The first-order chi connectivity index (χ1) is 10.1. The van der Waals surface area contributed by atoms with Crippen LogP contribution in [0.15, 0.2) is 36.4 Å². The summed E-state index contributed by atoms with van der Waals surface area (Å²) in [7, 11) is 0. The Labute approximate surface area is 130 Å². The summed E-state index contributed by atoms with van der Waals surface area (Å²) in [5.74, 6) is 0. The van der Waals surface area contributed by atoms with E-state index in [2.05, 4.69) is 43.3 Å². The summed E-state index contributed by atoms with van der Waals surface area (Å²) in [5, 5.41) is 0. The molecule has 0 spiro atoms. The molecule has 21 heavy (non-hydrogen) atoms. The molecule has 3 unspecified atom stereocenters. The Balaban J connectivity index is 1.84. The van der Waals surface area contributed by atoms with E-state index in [4.69, 9.17) is 10.5 Å². The molecule has 0 radical (unpaired) electrons. The van der Waals surface area contributed by atoms with Crippen molar-refractivity contribution in [2.24, 2.45) is 5.73 Å². The van der Waals surface area contributed by atoms with E-state index in [1.807, 2.05) is 6.92 Å². The molecule has 0 bridgehead atoms. The Kier molecular flexibility index (Phi) is 4.43. The molecule has 3 heteroatoms. The Morgan fingerprint density at radius 3 is 2.76 bits per heavy atom. The zero-order valence-electron chi connectivity index (χ0n) is 12.7. The van der Waals surface area contributed by atoms with E-state index in [0.717, 1.165) is 12.8 Å². The van der Waals surface area contributed by atoms with E-state index in [-0.39, 0.29) is 18.2 Å². The molecule has 1 aliphatic rings. The predicted molar refractivity (Wildman–Crippen MR) is 88.7 cm³/mol. The van der Waals surface area contributed by atoms with E-state index in [1.54, 1.807) is 11.3 Å². The summed E-state index contributed by atoms with van der Waals surface area (Å²) in [6, 6.07) is 13.0. The van der Waals surface area contributed by atoms with Crippen LogP contribution in [0.4, 0.5) is 0 Å². The van der Waals surface area contributed by atoms with Crippen LogP contribution in [0.1, 0.15) is 52.9 Å². The first kappa shape index (κ1) is 14.8. The first-order valence-electron chi connectivity index (χ1n) is 7.70. The lowest BCUT2D eigenvalue weighted by molar-refractivity contribution is -0.0321. The third kappa shape index (κ3) is 3.20. The van der Waals surface area contributed by atoms with Crippen LogP contribution in [0.2, 0.25) is 0 Å². The highest BCUT2D eigenvalue weighted by atomic mass is 32.1. The van der Waals surface area contributed by atoms with Crippen LogP contribution in [-0.2, 0) is 11.2 Å². The number of nitrogens with two attached hydrogens (primary N) is 1. The number of benzene rings is 1. The van der Waals surface area contributed by atoms with Crippen molar-refractivity contribution in [2.75, 3.05) is 0 Å². The molecule has 1 aromatic heterocycles. The van der Waals surface area contributed by atoms with Gasteiger partial charge in [-0.05, 0) is 56.4 Å². The summed E-state index contributed by atoms with van der Waals surface area (Å²) in [6.45, 7) is 4.16. The van der Waals surface area contributed by atoms with E-state index < -0.39 is 0 Å². The van der Waals surface area contributed by atoms with Crippen LogP contribution < -0.4 is 5.73 Å². The smallest absolute Gasteiger partial charge is 0.107 e. The SMILES string of the molecule is Cc1ccc(C(OC2CCCc3ccccc32)C(C)N)s1. The van der Waals surface area contributed by atoms with Gasteiger partial charge in [-0.25, -0.2) is 0 Å². The minimum Gasteiger partial charge on any atom is -0.363 e. The molecule has 3 atom stereocenters. The normalized spacial score (nSPS) is 20.8. The molecule has 2 N–H and O–H groups in total. The van der Waals surface area contributed by atoms with Gasteiger partial charge >= 0.3 is 0 Å². The van der Waals surface area contributed by atoms with Crippen molar-refractivity contribution < 1.29 is 4.74 Å². The van der Waals surface area contributed by atoms with E-state index in [9.17, 15) is 0 Å². The van der Waals surface area contributed by atoms with Gasteiger partial charge in [0.05, 0.1) is 6.10 Å². The molecule has 1 heterocycles. The number of hydrogen-bond donors (Lipinski definition) is 1. The quantitative estimate of drug-likeness (QED) is 0.900. The summed E-state index contributed by atoms with van der Waals surface area (Å²) in [6.07, 6.45) is 3.60. The number of ether oxygens (including phenoxy) is 1. The second kappa shape index (κ2) is 6.30. The van der Waals surface area contributed by atoms with Crippen LogP contribution in [-0.4, -0.2) is 6.04 Å². The molecule has 0 saturated carbocycles. The van der Waals surface area contributed by atoms with Crippen LogP contribution in [0, 0.1) is 6.92 Å². The second-order valence-electron chi connectivity index (χ2n) is 5.94. The maximum absolute atomic E-state index is 6.46. The van der Waals surface area contributed by atoms with E-state index >= 15 is 0 Å². The van der Waals surface area contributed by atoms with Crippen LogP contribution in [0.5, 0.6) is 0 Å². The van der Waals surface area contributed by atoms with Crippen LogP contribution in [0.3, 0.4) is 0 Å². The molecule has 0 amide bonds. The van der Waals surface area contributed by atoms with Gasteiger partial charge in [-0.1, -0.05) is 24.3 Å². The molecule has 0 aliphatic heterocycles. The minimum atomic E-state index is -0.0140. The highest BCUT2D eigenvalue weighted by Gasteiger charge is 2.27. The minimum absolute atomic E-state index is 0.00265. The average Bonchev–Trinajstić information content (AvgIpc) is 2.90. The van der Waals surface area contributed by atoms with Gasteiger partial charge in [-0.15, -0.1) is 11.3 Å². The zero-order chi connectivity index (χ0) is 14.8. The summed E-state index contributed by atoms with van der Waals surface area (Å²) < 4.78 is 6.46. The molecule has 3 rings (SSSR count). The molecule has 1 aliphatic carbocycles. The Hall–Kier alpha value is -1.16. The number of thiophene rings is 1. The maximum atomic E-state index is 6.46. The monoisotopic (exact) mass is 301 g/mol. The predicted octanol–water partition coefficient (Wildman–Crippen LogP) is 4.54. The molecule has 2 aromatic rings. The topological polar surface area (TPSA) is 35.2 Å².